The molecule has 0 bridgehead atoms. The van der Waals surface area contributed by atoms with E-state index in [1.807, 2.05) is 32.0 Å². The molecule has 230 valence electrons. The standard InChI is InChI=1S/C32H41ClF3N2O3P/c1-5-19-42(40,41-26-10-8-7-9-11-26)20-18-37-17-15-25-21-29(38-30(39)23(3)6-2)27(22-28(25)33)31(4,32(34,35)36)16-14-24-12-13-24/h7-11,21-24,37H,5-6,12-13,15,17-20H2,1-4H3,(H,38,39)/t23?,31-,42?/m1/s1. The van der Waals surface area contributed by atoms with Crippen molar-refractivity contribution in [3.8, 4) is 17.6 Å². The van der Waals surface area contributed by atoms with E-state index in [1.165, 1.54) is 12.1 Å². The maximum atomic E-state index is 14.5. The lowest BCUT2D eigenvalue weighted by atomic mass is 9.80. The van der Waals surface area contributed by atoms with E-state index < -0.39 is 19.0 Å². The zero-order valence-corrected chi connectivity index (χ0v) is 26.4. The Morgan fingerprint density at radius 1 is 1.14 bits per heavy atom. The normalized spacial score (nSPS) is 16.9. The molecule has 1 aliphatic rings. The lowest BCUT2D eigenvalue weighted by Gasteiger charge is -2.30. The Labute approximate surface area is 252 Å². The number of anilines is 1. The van der Waals surface area contributed by atoms with Gasteiger partial charge in [-0.2, -0.15) is 13.2 Å². The molecule has 0 saturated heterocycles. The summed E-state index contributed by atoms with van der Waals surface area (Å²) in [4.78, 5) is 12.8. The molecular formula is C32H41ClF3N2O3P. The number of carbonyl (C=O) groups excluding carboxylic acids is 1. The van der Waals surface area contributed by atoms with Crippen LogP contribution in [0.15, 0.2) is 42.5 Å². The molecule has 0 aromatic heterocycles. The number of alkyl halides is 3. The summed E-state index contributed by atoms with van der Waals surface area (Å²) in [5, 5.41) is 6.15. The molecule has 1 aliphatic carbocycles. The van der Waals surface area contributed by atoms with Crippen molar-refractivity contribution in [1.29, 1.82) is 0 Å². The molecule has 0 radical (unpaired) electrons. The van der Waals surface area contributed by atoms with Crippen molar-refractivity contribution in [2.45, 2.75) is 71.4 Å². The molecule has 10 heteroatoms. The second-order valence-electron chi connectivity index (χ2n) is 11.1. The fourth-order valence-electron chi connectivity index (χ4n) is 4.35. The average Bonchev–Trinajstić information content (AvgIpc) is 3.77. The van der Waals surface area contributed by atoms with Gasteiger partial charge in [-0.15, -0.1) is 0 Å². The van der Waals surface area contributed by atoms with E-state index in [0.29, 0.717) is 49.6 Å². The summed E-state index contributed by atoms with van der Waals surface area (Å²) >= 11 is 6.56. The van der Waals surface area contributed by atoms with E-state index >= 15 is 0 Å². The second kappa shape index (κ2) is 14.8. The van der Waals surface area contributed by atoms with E-state index in [2.05, 4.69) is 22.5 Å². The molecule has 0 spiro atoms. The van der Waals surface area contributed by atoms with E-state index in [9.17, 15) is 22.5 Å². The van der Waals surface area contributed by atoms with Crippen LogP contribution in [0.1, 0.15) is 64.5 Å². The van der Waals surface area contributed by atoms with Crippen molar-refractivity contribution >= 4 is 30.6 Å². The Bertz CT molecular complexity index is 1320. The molecular weight excluding hydrogens is 584 g/mol. The van der Waals surface area contributed by atoms with Gasteiger partial charge in [-0.1, -0.05) is 62.4 Å². The molecule has 2 aromatic carbocycles. The molecule has 0 heterocycles. The molecule has 1 fully saturated rings. The van der Waals surface area contributed by atoms with Crippen LogP contribution in [-0.4, -0.2) is 37.5 Å². The van der Waals surface area contributed by atoms with Gasteiger partial charge in [-0.25, -0.2) is 0 Å². The van der Waals surface area contributed by atoms with Crippen molar-refractivity contribution in [1.82, 2.24) is 5.32 Å². The monoisotopic (exact) mass is 624 g/mol. The first-order valence-electron chi connectivity index (χ1n) is 14.6. The quantitative estimate of drug-likeness (QED) is 0.126. The minimum Gasteiger partial charge on any atom is -0.443 e. The van der Waals surface area contributed by atoms with Crippen LogP contribution < -0.4 is 15.2 Å². The van der Waals surface area contributed by atoms with Crippen molar-refractivity contribution in [3.05, 3.63) is 58.6 Å². The van der Waals surface area contributed by atoms with Gasteiger partial charge < -0.3 is 15.2 Å². The predicted octanol–water partition coefficient (Wildman–Crippen LogP) is 8.46. The fourth-order valence-corrected chi connectivity index (χ4v) is 6.70. The van der Waals surface area contributed by atoms with Crippen LogP contribution in [-0.2, 0) is 21.2 Å². The van der Waals surface area contributed by atoms with Gasteiger partial charge >= 0.3 is 6.18 Å². The summed E-state index contributed by atoms with van der Waals surface area (Å²) in [6.45, 7) is 7.44. The number of halogens is 4. The summed E-state index contributed by atoms with van der Waals surface area (Å²) in [5.41, 5.74) is -2.02. The summed E-state index contributed by atoms with van der Waals surface area (Å²) in [6, 6.07) is 11.9. The van der Waals surface area contributed by atoms with E-state index in [-0.39, 0.29) is 34.0 Å². The summed E-state index contributed by atoms with van der Waals surface area (Å²) in [7, 11) is -2.91. The molecule has 2 unspecified atom stereocenters. The van der Waals surface area contributed by atoms with Gasteiger partial charge in [-0.3, -0.25) is 9.36 Å². The number of hydrogen-bond donors (Lipinski definition) is 2. The minimum atomic E-state index is -4.69. The Morgan fingerprint density at radius 2 is 1.83 bits per heavy atom. The number of para-hydroxylation sites is 1. The van der Waals surface area contributed by atoms with Gasteiger partial charge in [-0.05, 0) is 75.4 Å². The minimum absolute atomic E-state index is 0.0311. The molecule has 5 nitrogen and oxygen atoms in total. The lowest BCUT2D eigenvalue weighted by molar-refractivity contribution is -0.168. The Kier molecular flexibility index (Phi) is 12.0. The van der Waals surface area contributed by atoms with Crippen LogP contribution in [0.25, 0.3) is 0 Å². The summed E-state index contributed by atoms with van der Waals surface area (Å²) < 4.78 is 62.8. The van der Waals surface area contributed by atoms with Crippen molar-refractivity contribution in [2.24, 2.45) is 11.8 Å². The third kappa shape index (κ3) is 9.27. The highest BCUT2D eigenvalue weighted by atomic mass is 35.5. The highest BCUT2D eigenvalue weighted by molar-refractivity contribution is 7.59. The van der Waals surface area contributed by atoms with Gasteiger partial charge in [0.2, 0.25) is 13.3 Å². The molecule has 2 aromatic rings. The number of hydrogen-bond acceptors (Lipinski definition) is 4. The maximum Gasteiger partial charge on any atom is 0.408 e. The first-order chi connectivity index (χ1) is 19.8. The summed E-state index contributed by atoms with van der Waals surface area (Å²) in [6.07, 6.45) is -0.668. The van der Waals surface area contributed by atoms with Gasteiger partial charge in [0.25, 0.3) is 0 Å². The zero-order chi connectivity index (χ0) is 31.0. The number of benzene rings is 2. The molecule has 0 aliphatic heterocycles. The lowest BCUT2D eigenvalue weighted by Crippen LogP contribution is -2.39. The predicted molar refractivity (Wildman–Crippen MR) is 165 cm³/mol. The SMILES string of the molecule is CCCP(=O)(CCNCCc1cc(NC(=O)C(C)CC)c([C@@](C)(C#CC2CC2)C(F)(F)F)cc1Cl)Oc1ccccc1. The molecule has 3 atom stereocenters. The van der Waals surface area contributed by atoms with Gasteiger partial charge in [0.15, 0.2) is 5.41 Å². The Balaban J connectivity index is 1.78. The van der Waals surface area contributed by atoms with Crippen LogP contribution in [0.2, 0.25) is 5.02 Å². The van der Waals surface area contributed by atoms with Gasteiger partial charge in [0.1, 0.15) is 5.75 Å². The smallest absolute Gasteiger partial charge is 0.408 e. The van der Waals surface area contributed by atoms with E-state index in [0.717, 1.165) is 26.2 Å². The molecule has 2 N–H and O–H groups in total. The first kappa shape index (κ1) is 34.0. The number of nitrogens with one attached hydrogen (secondary N) is 2. The van der Waals surface area contributed by atoms with Gasteiger partial charge in [0.05, 0.1) is 0 Å². The zero-order valence-electron chi connectivity index (χ0n) is 24.7. The molecule has 3 rings (SSSR count). The van der Waals surface area contributed by atoms with Crippen LogP contribution in [0.3, 0.4) is 0 Å². The third-order valence-electron chi connectivity index (χ3n) is 7.49. The van der Waals surface area contributed by atoms with Crippen LogP contribution >= 0.6 is 19.0 Å². The number of carbonyl (C=O) groups is 1. The average molecular weight is 625 g/mol. The van der Waals surface area contributed by atoms with Crippen molar-refractivity contribution < 1.29 is 27.1 Å². The third-order valence-corrected chi connectivity index (χ3v) is 10.4. The first-order valence-corrected chi connectivity index (χ1v) is 17.0. The van der Waals surface area contributed by atoms with Gasteiger partial charge in [0, 0.05) is 47.0 Å². The van der Waals surface area contributed by atoms with Crippen molar-refractivity contribution in [2.75, 3.05) is 30.7 Å². The van der Waals surface area contributed by atoms with Crippen molar-refractivity contribution in [3.63, 3.8) is 0 Å². The van der Waals surface area contributed by atoms with Crippen LogP contribution in [0.5, 0.6) is 5.75 Å². The molecule has 1 amide bonds. The highest BCUT2D eigenvalue weighted by Gasteiger charge is 2.53. The largest absolute Gasteiger partial charge is 0.443 e. The number of amides is 1. The number of rotatable bonds is 14. The molecule has 42 heavy (non-hydrogen) atoms. The Morgan fingerprint density at radius 3 is 2.43 bits per heavy atom. The maximum absolute atomic E-state index is 14.5. The van der Waals surface area contributed by atoms with E-state index in [1.54, 1.807) is 19.1 Å². The molecule has 1 saturated carbocycles. The highest BCUT2D eigenvalue weighted by Crippen LogP contribution is 2.47. The van der Waals surface area contributed by atoms with Crippen LogP contribution in [0, 0.1) is 23.7 Å². The Hall–Kier alpha value is -2.46. The van der Waals surface area contributed by atoms with E-state index in [4.69, 9.17) is 16.1 Å². The fraction of sp³-hybridized carbons (Fsp3) is 0.531. The second-order valence-corrected chi connectivity index (χ2v) is 14.2. The summed E-state index contributed by atoms with van der Waals surface area (Å²) in [5.74, 6) is 5.04. The topological polar surface area (TPSA) is 67.4 Å². The van der Waals surface area contributed by atoms with Crippen LogP contribution in [0.4, 0.5) is 18.9 Å².